The molecule has 44 heavy (non-hydrogen) atoms. The molecule has 0 fully saturated rings. The quantitative estimate of drug-likeness (QED) is 0.272. The third-order valence-corrected chi connectivity index (χ3v) is 7.09. The minimum Gasteiger partial charge on any atom is -0.468 e. The van der Waals surface area contributed by atoms with Crippen LogP contribution in [-0.4, -0.2) is 103 Å². The first-order chi connectivity index (χ1) is 20.9. The standard InChI is InChI=1S/C28H28N2O14/c1-13-9-11-14(12-10-13)30-28(26(37)44-8)18(23(34)41-5)16(21(32)39-3)15(20(31)38-2)17(22(33)40-4)27(28,25(36)43-7)19(29-30)24(35)42-6/h9-12H,1-8H3/t27-,28+/m1/s1. The van der Waals surface area contributed by atoms with E-state index in [1.54, 1.807) is 19.1 Å². The minimum absolute atomic E-state index is 0.0791. The molecule has 2 atom stereocenters. The monoisotopic (exact) mass is 616 g/mol. The zero-order valence-corrected chi connectivity index (χ0v) is 24.9. The highest BCUT2D eigenvalue weighted by Gasteiger charge is 2.82. The molecule has 2 aliphatic rings. The van der Waals surface area contributed by atoms with Gasteiger partial charge in [0.1, 0.15) is 0 Å². The summed E-state index contributed by atoms with van der Waals surface area (Å²) in [6, 6.07) is 5.87. The molecule has 0 unspecified atom stereocenters. The number of esters is 7. The van der Waals surface area contributed by atoms with E-state index in [0.717, 1.165) is 49.8 Å². The normalized spacial score (nSPS) is 20.5. The first-order valence-electron chi connectivity index (χ1n) is 12.4. The Hall–Kier alpha value is -5.54. The smallest absolute Gasteiger partial charge is 0.355 e. The van der Waals surface area contributed by atoms with Crippen molar-refractivity contribution in [1.29, 1.82) is 0 Å². The number of aryl methyl sites for hydroxylation is 1. The Morgan fingerprint density at radius 2 is 1.00 bits per heavy atom. The van der Waals surface area contributed by atoms with E-state index in [1.807, 2.05) is 0 Å². The van der Waals surface area contributed by atoms with Crippen molar-refractivity contribution in [2.75, 3.05) is 54.8 Å². The molecule has 0 bridgehead atoms. The van der Waals surface area contributed by atoms with Gasteiger partial charge in [-0.3, -0.25) is 4.79 Å². The van der Waals surface area contributed by atoms with E-state index < -0.39 is 80.7 Å². The lowest BCUT2D eigenvalue weighted by Gasteiger charge is -2.48. The van der Waals surface area contributed by atoms with Gasteiger partial charge in [0, 0.05) is 0 Å². The fraction of sp³-hybridized carbons (Fsp3) is 0.357. The van der Waals surface area contributed by atoms with Gasteiger partial charge in [0.2, 0.25) is 5.54 Å². The van der Waals surface area contributed by atoms with Crippen molar-refractivity contribution in [1.82, 2.24) is 0 Å². The largest absolute Gasteiger partial charge is 0.468 e. The number of benzene rings is 1. The number of hydrazone groups is 1. The predicted octanol–water partition coefficient (Wildman–Crippen LogP) is -0.286. The van der Waals surface area contributed by atoms with E-state index in [2.05, 4.69) is 5.10 Å². The van der Waals surface area contributed by atoms with Crippen molar-refractivity contribution in [2.45, 2.75) is 12.5 Å². The van der Waals surface area contributed by atoms with Gasteiger partial charge in [-0.25, -0.2) is 33.8 Å². The molecule has 0 radical (unpaired) electrons. The number of carbonyl (C=O) groups excluding carboxylic acids is 7. The lowest BCUT2D eigenvalue weighted by atomic mass is 9.54. The molecule has 0 N–H and O–H groups in total. The molecule has 3 rings (SSSR count). The van der Waals surface area contributed by atoms with Gasteiger partial charge in [-0.05, 0) is 19.1 Å². The maximum absolute atomic E-state index is 14.4. The van der Waals surface area contributed by atoms with Gasteiger partial charge in [0.15, 0.2) is 11.1 Å². The highest BCUT2D eigenvalue weighted by atomic mass is 16.6. The third kappa shape index (κ3) is 4.28. The van der Waals surface area contributed by atoms with E-state index in [1.165, 1.54) is 12.1 Å². The SMILES string of the molecule is COC(=O)C1=NN(c2ccc(C)cc2)[C@]2(C(=O)OC)C(C(=O)OC)=C(C(=O)OC)C(C(=O)OC)=C(C(=O)OC)[C@]12C(=O)OC. The zero-order valence-electron chi connectivity index (χ0n) is 24.9. The van der Waals surface area contributed by atoms with Crippen LogP contribution in [0.1, 0.15) is 5.56 Å². The molecule has 0 saturated heterocycles. The highest BCUT2D eigenvalue weighted by molar-refractivity contribution is 6.49. The number of fused-ring (bicyclic) bond motifs is 1. The first-order valence-corrected chi connectivity index (χ1v) is 12.4. The average Bonchev–Trinajstić information content (AvgIpc) is 3.37. The number of methoxy groups -OCH3 is 7. The number of rotatable bonds is 8. The first kappa shape index (κ1) is 33.0. The van der Waals surface area contributed by atoms with Crippen LogP contribution in [0.2, 0.25) is 0 Å². The van der Waals surface area contributed by atoms with Gasteiger partial charge in [0.25, 0.3) is 0 Å². The summed E-state index contributed by atoms with van der Waals surface area (Å²) >= 11 is 0. The van der Waals surface area contributed by atoms with Gasteiger partial charge in [-0.2, -0.15) is 5.10 Å². The topological polar surface area (TPSA) is 200 Å². The summed E-state index contributed by atoms with van der Waals surface area (Å²) in [4.78, 5) is 97.0. The molecule has 234 valence electrons. The molecule has 16 nitrogen and oxygen atoms in total. The van der Waals surface area contributed by atoms with Crippen molar-refractivity contribution in [2.24, 2.45) is 10.5 Å². The van der Waals surface area contributed by atoms with Gasteiger partial charge in [-0.1, -0.05) is 17.7 Å². The fourth-order valence-corrected chi connectivity index (χ4v) is 5.33. The van der Waals surface area contributed by atoms with Crippen LogP contribution < -0.4 is 5.01 Å². The number of anilines is 1. The van der Waals surface area contributed by atoms with E-state index in [0.29, 0.717) is 10.6 Å². The Morgan fingerprint density at radius 3 is 1.43 bits per heavy atom. The second-order valence-electron chi connectivity index (χ2n) is 9.00. The lowest BCUT2D eigenvalue weighted by molar-refractivity contribution is -0.163. The average molecular weight is 617 g/mol. The molecule has 0 saturated carbocycles. The number of ether oxygens (including phenoxy) is 7. The van der Waals surface area contributed by atoms with Gasteiger partial charge < -0.3 is 33.2 Å². The lowest BCUT2D eigenvalue weighted by Crippen LogP contribution is -2.72. The van der Waals surface area contributed by atoms with Crippen LogP contribution in [0.25, 0.3) is 0 Å². The second-order valence-corrected chi connectivity index (χ2v) is 9.00. The van der Waals surface area contributed by atoms with Crippen molar-refractivity contribution >= 4 is 53.2 Å². The minimum atomic E-state index is -3.26. The Kier molecular flexibility index (Phi) is 9.26. The van der Waals surface area contributed by atoms with Crippen molar-refractivity contribution < 1.29 is 66.7 Å². The molecule has 1 aliphatic heterocycles. The van der Waals surface area contributed by atoms with Gasteiger partial charge >= 0.3 is 41.8 Å². The number of nitrogens with zero attached hydrogens (tertiary/aromatic N) is 2. The van der Waals surface area contributed by atoms with Gasteiger partial charge in [-0.15, -0.1) is 0 Å². The maximum Gasteiger partial charge on any atom is 0.355 e. The van der Waals surface area contributed by atoms with Crippen LogP contribution in [0.5, 0.6) is 0 Å². The number of hydrogen-bond acceptors (Lipinski definition) is 16. The predicted molar refractivity (Wildman–Crippen MR) is 144 cm³/mol. The molecule has 16 heteroatoms. The molecule has 0 amide bonds. The molecular weight excluding hydrogens is 588 g/mol. The summed E-state index contributed by atoms with van der Waals surface area (Å²) < 4.78 is 34.7. The van der Waals surface area contributed by atoms with Gasteiger partial charge in [0.05, 0.1) is 77.7 Å². The van der Waals surface area contributed by atoms with E-state index in [9.17, 15) is 33.6 Å². The summed E-state index contributed by atoms with van der Waals surface area (Å²) in [5, 5.41) is 4.95. The molecule has 1 aromatic carbocycles. The summed E-state index contributed by atoms with van der Waals surface area (Å²) in [7, 11) is 6.00. The molecule has 1 heterocycles. The third-order valence-electron chi connectivity index (χ3n) is 7.09. The van der Waals surface area contributed by atoms with Crippen LogP contribution >= 0.6 is 0 Å². The summed E-state index contributed by atoms with van der Waals surface area (Å²) in [6.07, 6.45) is 0. The van der Waals surface area contributed by atoms with E-state index in [-0.39, 0.29) is 5.69 Å². The molecule has 0 spiro atoms. The Balaban J connectivity index is 2.96. The Bertz CT molecular complexity index is 1550. The summed E-state index contributed by atoms with van der Waals surface area (Å²) in [5.74, 6) is -10.6. The molecular formula is C28H28N2O14. The number of hydrogen-bond donors (Lipinski definition) is 0. The van der Waals surface area contributed by atoms with Crippen LogP contribution in [0.15, 0.2) is 51.7 Å². The second kappa shape index (κ2) is 12.4. The Labute approximate surface area is 250 Å². The van der Waals surface area contributed by atoms with Crippen molar-refractivity contribution in [3.8, 4) is 0 Å². The molecule has 1 aliphatic carbocycles. The van der Waals surface area contributed by atoms with Crippen LogP contribution in [0, 0.1) is 12.3 Å². The highest BCUT2D eigenvalue weighted by Crippen LogP contribution is 2.60. The van der Waals surface area contributed by atoms with Crippen LogP contribution in [0.4, 0.5) is 5.69 Å². The van der Waals surface area contributed by atoms with Crippen LogP contribution in [-0.2, 0) is 66.7 Å². The number of carbonyl (C=O) groups is 7. The maximum atomic E-state index is 14.4. The van der Waals surface area contributed by atoms with Crippen molar-refractivity contribution in [3.05, 3.63) is 52.1 Å². The Morgan fingerprint density at radius 1 is 0.568 bits per heavy atom. The zero-order chi connectivity index (χ0) is 33.1. The molecule has 1 aromatic rings. The summed E-state index contributed by atoms with van der Waals surface area (Å²) in [5.41, 5.74) is -11.3. The van der Waals surface area contributed by atoms with Crippen molar-refractivity contribution in [3.63, 3.8) is 0 Å². The van der Waals surface area contributed by atoms with E-state index >= 15 is 0 Å². The fourth-order valence-electron chi connectivity index (χ4n) is 5.33. The van der Waals surface area contributed by atoms with Crippen LogP contribution in [0.3, 0.4) is 0 Å². The molecule has 0 aromatic heterocycles. The summed E-state index contributed by atoms with van der Waals surface area (Å²) in [6.45, 7) is 1.72. The van der Waals surface area contributed by atoms with E-state index in [4.69, 9.17) is 33.2 Å².